The van der Waals surface area contributed by atoms with Gasteiger partial charge in [0, 0.05) is 26.8 Å². The molecule has 32 heavy (non-hydrogen) atoms. The summed E-state index contributed by atoms with van der Waals surface area (Å²) in [5.74, 6) is 0.819. The Morgan fingerprint density at radius 1 is 1.06 bits per heavy atom. The van der Waals surface area contributed by atoms with Gasteiger partial charge >= 0.3 is 0 Å². The van der Waals surface area contributed by atoms with Gasteiger partial charge in [-0.05, 0) is 73.3 Å². The van der Waals surface area contributed by atoms with Crippen LogP contribution in [0.3, 0.4) is 0 Å². The first-order valence-electron chi connectivity index (χ1n) is 12.1. The summed E-state index contributed by atoms with van der Waals surface area (Å²) in [5, 5.41) is 7.01. The van der Waals surface area contributed by atoms with Crippen LogP contribution in [0.5, 0.6) is 0 Å². The Morgan fingerprint density at radius 3 is 2.66 bits per heavy atom. The molecule has 0 radical (unpaired) electrons. The van der Waals surface area contributed by atoms with Gasteiger partial charge in [0.2, 0.25) is 0 Å². The predicted molar refractivity (Wildman–Crippen MR) is 130 cm³/mol. The van der Waals surface area contributed by atoms with Crippen LogP contribution in [0.4, 0.5) is 0 Å². The smallest absolute Gasteiger partial charge is 0.191 e. The molecule has 2 aromatic rings. The zero-order valence-electron chi connectivity index (χ0n) is 19.5. The van der Waals surface area contributed by atoms with E-state index in [1.807, 2.05) is 7.05 Å². The lowest BCUT2D eigenvalue weighted by Crippen LogP contribution is -2.38. The monoisotopic (exact) mass is 435 g/mol. The highest BCUT2D eigenvalue weighted by Crippen LogP contribution is 2.24. The first-order valence-corrected chi connectivity index (χ1v) is 12.1. The van der Waals surface area contributed by atoms with E-state index in [0.717, 1.165) is 38.6 Å². The number of ether oxygens (including phenoxy) is 2. The van der Waals surface area contributed by atoms with E-state index >= 15 is 0 Å². The lowest BCUT2D eigenvalue weighted by molar-refractivity contribution is -0.0390. The number of hydrogen-bond donors (Lipinski definition) is 2. The first-order chi connectivity index (χ1) is 15.7. The highest BCUT2D eigenvalue weighted by molar-refractivity contribution is 5.80. The third-order valence-corrected chi connectivity index (χ3v) is 6.55. The Kier molecular flexibility index (Phi) is 8.18. The van der Waals surface area contributed by atoms with Crippen molar-refractivity contribution in [2.45, 2.75) is 70.7 Å². The lowest BCUT2D eigenvalue weighted by atomic mass is 9.89. The van der Waals surface area contributed by atoms with Crippen molar-refractivity contribution in [1.29, 1.82) is 0 Å². The van der Waals surface area contributed by atoms with E-state index in [-0.39, 0.29) is 6.04 Å². The van der Waals surface area contributed by atoms with Crippen molar-refractivity contribution in [3.63, 3.8) is 0 Å². The minimum absolute atomic E-state index is 0.202. The van der Waals surface area contributed by atoms with Crippen LogP contribution in [-0.4, -0.2) is 32.3 Å². The Labute approximate surface area is 192 Å². The maximum absolute atomic E-state index is 6.08. The fraction of sp³-hybridized carbons (Fsp3) is 0.519. The van der Waals surface area contributed by atoms with Crippen molar-refractivity contribution in [2.75, 3.05) is 20.3 Å². The fourth-order valence-electron chi connectivity index (χ4n) is 4.58. The van der Waals surface area contributed by atoms with Gasteiger partial charge in [0.15, 0.2) is 5.96 Å². The van der Waals surface area contributed by atoms with Crippen molar-refractivity contribution in [2.24, 2.45) is 4.99 Å². The fourth-order valence-corrected chi connectivity index (χ4v) is 4.58. The van der Waals surface area contributed by atoms with Crippen LogP contribution in [0, 0.1) is 0 Å². The summed E-state index contributed by atoms with van der Waals surface area (Å²) in [7, 11) is 1.83. The Morgan fingerprint density at radius 2 is 1.84 bits per heavy atom. The second kappa shape index (κ2) is 11.5. The SMILES string of the molecule is CN=C(NCc1cccc(COC2CCOCC2)c1)NC(C)c1ccc2c(c1)CCCC2. The van der Waals surface area contributed by atoms with Crippen molar-refractivity contribution in [3.8, 4) is 0 Å². The molecule has 5 nitrogen and oxygen atoms in total. The quantitative estimate of drug-likeness (QED) is 0.489. The first kappa shape index (κ1) is 22.8. The highest BCUT2D eigenvalue weighted by atomic mass is 16.5. The number of aryl methyl sites for hydroxylation is 2. The molecular formula is C27H37N3O2. The highest BCUT2D eigenvalue weighted by Gasteiger charge is 2.15. The average molecular weight is 436 g/mol. The maximum Gasteiger partial charge on any atom is 0.191 e. The van der Waals surface area contributed by atoms with Crippen molar-refractivity contribution < 1.29 is 9.47 Å². The topological polar surface area (TPSA) is 54.9 Å². The molecular weight excluding hydrogens is 398 g/mol. The van der Waals surface area contributed by atoms with Crippen LogP contribution in [0.2, 0.25) is 0 Å². The molecule has 5 heteroatoms. The third-order valence-electron chi connectivity index (χ3n) is 6.55. The summed E-state index contributed by atoms with van der Waals surface area (Å²) in [5.41, 5.74) is 6.80. The van der Waals surface area contributed by atoms with E-state index in [9.17, 15) is 0 Å². The number of nitrogens with one attached hydrogen (secondary N) is 2. The molecule has 2 aromatic carbocycles. The van der Waals surface area contributed by atoms with Crippen molar-refractivity contribution in [1.82, 2.24) is 10.6 Å². The van der Waals surface area contributed by atoms with Crippen LogP contribution in [-0.2, 0) is 35.5 Å². The molecule has 1 unspecified atom stereocenters. The molecule has 1 heterocycles. The van der Waals surface area contributed by atoms with Gasteiger partial charge in [0.1, 0.15) is 0 Å². The largest absolute Gasteiger partial charge is 0.381 e. The number of hydrogen-bond acceptors (Lipinski definition) is 3. The molecule has 0 spiro atoms. The van der Waals surface area contributed by atoms with Crippen molar-refractivity contribution in [3.05, 3.63) is 70.3 Å². The minimum atomic E-state index is 0.202. The van der Waals surface area contributed by atoms with E-state index in [1.54, 1.807) is 0 Å². The molecule has 2 aliphatic rings. The van der Waals surface area contributed by atoms with Gasteiger partial charge in [-0.15, -0.1) is 0 Å². The van der Waals surface area contributed by atoms with E-state index in [2.05, 4.69) is 65.0 Å². The number of rotatable bonds is 7. The molecule has 4 rings (SSSR count). The zero-order chi connectivity index (χ0) is 22.2. The summed E-state index contributed by atoms with van der Waals surface area (Å²) >= 11 is 0. The van der Waals surface area contributed by atoms with Gasteiger partial charge in [-0.3, -0.25) is 4.99 Å². The molecule has 172 valence electrons. The lowest BCUT2D eigenvalue weighted by Gasteiger charge is -2.22. The summed E-state index contributed by atoms with van der Waals surface area (Å²) in [6.07, 6.45) is 7.35. The Bertz CT molecular complexity index is 906. The molecule has 2 N–H and O–H groups in total. The van der Waals surface area contributed by atoms with Crippen LogP contribution in [0.25, 0.3) is 0 Å². The molecule has 0 amide bonds. The van der Waals surface area contributed by atoms with Gasteiger partial charge in [-0.25, -0.2) is 0 Å². The number of benzene rings is 2. The van der Waals surface area contributed by atoms with Gasteiger partial charge in [-0.1, -0.05) is 42.5 Å². The molecule has 0 bridgehead atoms. The predicted octanol–water partition coefficient (Wildman–Crippen LogP) is 4.69. The third kappa shape index (κ3) is 6.33. The van der Waals surface area contributed by atoms with E-state index < -0.39 is 0 Å². The van der Waals surface area contributed by atoms with Crippen LogP contribution in [0.15, 0.2) is 47.5 Å². The van der Waals surface area contributed by atoms with Gasteiger partial charge in [0.05, 0.1) is 18.8 Å². The summed E-state index contributed by atoms with van der Waals surface area (Å²) < 4.78 is 11.5. The normalized spacial score (nSPS) is 18.1. The molecule has 0 aromatic heterocycles. The number of fused-ring (bicyclic) bond motifs is 1. The van der Waals surface area contributed by atoms with Crippen LogP contribution in [0.1, 0.15) is 66.5 Å². The zero-order valence-corrected chi connectivity index (χ0v) is 19.5. The Hall–Kier alpha value is -2.37. The Balaban J connectivity index is 1.28. The molecule has 1 saturated heterocycles. The molecule has 1 aliphatic heterocycles. The number of aliphatic imine (C=N–C) groups is 1. The van der Waals surface area contributed by atoms with E-state index in [0.29, 0.717) is 12.7 Å². The van der Waals surface area contributed by atoms with E-state index in [4.69, 9.17) is 9.47 Å². The van der Waals surface area contributed by atoms with Gasteiger partial charge in [-0.2, -0.15) is 0 Å². The van der Waals surface area contributed by atoms with Crippen LogP contribution >= 0.6 is 0 Å². The maximum atomic E-state index is 6.08. The van der Waals surface area contributed by atoms with Gasteiger partial charge in [0.25, 0.3) is 0 Å². The molecule has 1 fully saturated rings. The molecule has 0 saturated carbocycles. The van der Waals surface area contributed by atoms with E-state index in [1.165, 1.54) is 53.5 Å². The summed E-state index contributed by atoms with van der Waals surface area (Å²) in [6.45, 7) is 5.20. The number of nitrogens with zero attached hydrogens (tertiary/aromatic N) is 1. The molecule has 1 atom stereocenters. The standard InChI is InChI=1S/C27H37N3O2/c1-20(24-11-10-23-8-3-4-9-25(23)17-24)30-27(28-2)29-18-21-6-5-7-22(16-21)19-32-26-12-14-31-15-13-26/h5-7,10-11,16-17,20,26H,3-4,8-9,12-15,18-19H2,1-2H3,(H2,28,29,30). The van der Waals surface area contributed by atoms with Gasteiger partial charge < -0.3 is 20.1 Å². The average Bonchev–Trinajstić information content (AvgIpc) is 2.85. The second-order valence-corrected chi connectivity index (χ2v) is 8.97. The van der Waals surface area contributed by atoms with Crippen molar-refractivity contribution >= 4 is 5.96 Å². The number of guanidine groups is 1. The van der Waals surface area contributed by atoms with Crippen LogP contribution < -0.4 is 10.6 Å². The minimum Gasteiger partial charge on any atom is -0.381 e. The summed E-state index contributed by atoms with van der Waals surface area (Å²) in [6, 6.07) is 15.7. The second-order valence-electron chi connectivity index (χ2n) is 8.97. The summed E-state index contributed by atoms with van der Waals surface area (Å²) in [4.78, 5) is 4.43. The molecule has 1 aliphatic carbocycles.